The topological polar surface area (TPSA) is 46.2 Å². The second-order valence-electron chi connectivity index (χ2n) is 3.97. The average molecular weight is 183 g/mol. The summed E-state index contributed by atoms with van der Waals surface area (Å²) in [5, 5.41) is 9.41. The van der Waals surface area contributed by atoms with E-state index < -0.39 is 0 Å². The van der Waals surface area contributed by atoms with Gasteiger partial charge >= 0.3 is 0 Å². The van der Waals surface area contributed by atoms with E-state index in [0.29, 0.717) is 6.54 Å². The third-order valence-corrected chi connectivity index (χ3v) is 3.34. The molecule has 0 aromatic carbocycles. The number of aliphatic hydroxyl groups is 1. The van der Waals surface area contributed by atoms with Gasteiger partial charge in [-0.3, -0.25) is 0 Å². The first-order chi connectivity index (χ1) is 6.29. The zero-order valence-electron chi connectivity index (χ0n) is 8.55. The summed E-state index contributed by atoms with van der Waals surface area (Å²) < 4.78 is 0. The Morgan fingerprint density at radius 3 is 2.69 bits per heavy atom. The van der Waals surface area contributed by atoms with E-state index in [0.717, 1.165) is 19.3 Å². The third kappa shape index (κ3) is 2.12. The summed E-state index contributed by atoms with van der Waals surface area (Å²) in [6, 6.07) is 0. The number of hydrogen-bond acceptors (Lipinski definition) is 2. The van der Waals surface area contributed by atoms with Gasteiger partial charge in [0, 0.05) is 12.0 Å². The molecule has 3 N–H and O–H groups in total. The lowest BCUT2D eigenvalue weighted by molar-refractivity contribution is 0.154. The number of hydrogen-bond donors (Lipinski definition) is 2. The average Bonchev–Trinajstić information content (AvgIpc) is 2.23. The lowest BCUT2D eigenvalue weighted by atomic mass is 9.74. The van der Waals surface area contributed by atoms with Gasteiger partial charge in [-0.1, -0.05) is 18.6 Å². The molecule has 0 saturated carbocycles. The predicted molar refractivity (Wildman–Crippen MR) is 55.4 cm³/mol. The smallest absolute Gasteiger partial charge is 0.0536 e. The predicted octanol–water partition coefficient (Wildman–Crippen LogP) is 1.83. The van der Waals surface area contributed by atoms with E-state index in [4.69, 9.17) is 5.73 Å². The van der Waals surface area contributed by atoms with Crippen LogP contribution in [0.15, 0.2) is 11.6 Å². The van der Waals surface area contributed by atoms with Crippen molar-refractivity contribution in [2.45, 2.75) is 39.0 Å². The molecule has 0 amide bonds. The zero-order chi connectivity index (χ0) is 9.73. The first kappa shape index (κ1) is 10.7. The molecule has 1 atom stereocenters. The molecule has 2 heteroatoms. The maximum Gasteiger partial charge on any atom is 0.0536 e. The van der Waals surface area contributed by atoms with Crippen LogP contribution < -0.4 is 5.73 Å². The molecule has 0 heterocycles. The van der Waals surface area contributed by atoms with E-state index in [-0.39, 0.29) is 12.0 Å². The lowest BCUT2D eigenvalue weighted by Crippen LogP contribution is -2.36. The Morgan fingerprint density at radius 1 is 1.54 bits per heavy atom. The number of rotatable bonds is 4. The summed E-state index contributed by atoms with van der Waals surface area (Å²) in [5.41, 5.74) is 7.04. The molecule has 0 fully saturated rings. The highest BCUT2D eigenvalue weighted by Gasteiger charge is 2.30. The first-order valence-corrected chi connectivity index (χ1v) is 5.29. The standard InChI is InChI=1S/C11H21NO/c1-2-11(8-12,9-13)10-6-4-3-5-7-10/h6,13H,2-5,7-9,12H2,1H3. The van der Waals surface area contributed by atoms with E-state index in [1.54, 1.807) is 0 Å². The van der Waals surface area contributed by atoms with E-state index in [9.17, 15) is 5.11 Å². The molecule has 1 aliphatic carbocycles. The van der Waals surface area contributed by atoms with Crippen molar-refractivity contribution in [2.75, 3.05) is 13.2 Å². The minimum atomic E-state index is -0.111. The minimum absolute atomic E-state index is 0.111. The monoisotopic (exact) mass is 183 g/mol. The summed E-state index contributed by atoms with van der Waals surface area (Å²) in [7, 11) is 0. The Bertz CT molecular complexity index is 174. The number of aliphatic hydroxyl groups excluding tert-OH is 1. The number of allylic oxidation sites excluding steroid dienone is 1. The van der Waals surface area contributed by atoms with Crippen LogP contribution in [-0.2, 0) is 0 Å². The van der Waals surface area contributed by atoms with Crippen molar-refractivity contribution < 1.29 is 5.11 Å². The van der Waals surface area contributed by atoms with Crippen LogP contribution in [0.25, 0.3) is 0 Å². The van der Waals surface area contributed by atoms with Crippen molar-refractivity contribution in [3.05, 3.63) is 11.6 Å². The largest absolute Gasteiger partial charge is 0.395 e. The second-order valence-corrected chi connectivity index (χ2v) is 3.97. The SMILES string of the molecule is CCC(CN)(CO)C1=CCCCC1. The molecule has 0 spiro atoms. The normalized spacial score (nSPS) is 22.2. The molecule has 0 saturated heterocycles. The molecule has 2 nitrogen and oxygen atoms in total. The van der Waals surface area contributed by atoms with Gasteiger partial charge in [0.2, 0.25) is 0 Å². The van der Waals surface area contributed by atoms with Gasteiger partial charge in [0.15, 0.2) is 0 Å². The van der Waals surface area contributed by atoms with Crippen molar-refractivity contribution >= 4 is 0 Å². The van der Waals surface area contributed by atoms with Gasteiger partial charge in [0.05, 0.1) is 6.61 Å². The maximum atomic E-state index is 9.41. The maximum absolute atomic E-state index is 9.41. The molecule has 0 aromatic rings. The Morgan fingerprint density at radius 2 is 2.31 bits per heavy atom. The van der Waals surface area contributed by atoms with Crippen LogP contribution in [0.1, 0.15) is 39.0 Å². The first-order valence-electron chi connectivity index (χ1n) is 5.29. The van der Waals surface area contributed by atoms with Crippen LogP contribution in [-0.4, -0.2) is 18.3 Å². The van der Waals surface area contributed by atoms with E-state index >= 15 is 0 Å². The van der Waals surface area contributed by atoms with Crippen LogP contribution in [0.4, 0.5) is 0 Å². The molecular weight excluding hydrogens is 162 g/mol. The van der Waals surface area contributed by atoms with Gasteiger partial charge in [-0.15, -0.1) is 0 Å². The van der Waals surface area contributed by atoms with Gasteiger partial charge in [-0.2, -0.15) is 0 Å². The fourth-order valence-electron chi connectivity index (χ4n) is 2.10. The molecule has 1 rings (SSSR count). The van der Waals surface area contributed by atoms with E-state index in [2.05, 4.69) is 13.0 Å². The van der Waals surface area contributed by atoms with Gasteiger partial charge in [0.25, 0.3) is 0 Å². The van der Waals surface area contributed by atoms with Crippen molar-refractivity contribution in [3.63, 3.8) is 0 Å². The van der Waals surface area contributed by atoms with Crippen LogP contribution in [0.3, 0.4) is 0 Å². The lowest BCUT2D eigenvalue weighted by Gasteiger charge is -2.34. The van der Waals surface area contributed by atoms with Crippen LogP contribution in [0.5, 0.6) is 0 Å². The van der Waals surface area contributed by atoms with Crippen molar-refractivity contribution in [3.8, 4) is 0 Å². The van der Waals surface area contributed by atoms with Gasteiger partial charge < -0.3 is 10.8 Å². The summed E-state index contributed by atoms with van der Waals surface area (Å²) in [4.78, 5) is 0. The summed E-state index contributed by atoms with van der Waals surface area (Å²) in [6.45, 7) is 2.89. The highest BCUT2D eigenvalue weighted by atomic mass is 16.3. The minimum Gasteiger partial charge on any atom is -0.395 e. The van der Waals surface area contributed by atoms with E-state index in [1.165, 1.54) is 18.4 Å². The van der Waals surface area contributed by atoms with Crippen LogP contribution >= 0.6 is 0 Å². The summed E-state index contributed by atoms with van der Waals surface area (Å²) in [6.07, 6.45) is 8.08. The number of nitrogens with two attached hydrogens (primary N) is 1. The summed E-state index contributed by atoms with van der Waals surface area (Å²) >= 11 is 0. The van der Waals surface area contributed by atoms with Gasteiger partial charge in [-0.25, -0.2) is 0 Å². The fraction of sp³-hybridized carbons (Fsp3) is 0.818. The van der Waals surface area contributed by atoms with Crippen LogP contribution in [0.2, 0.25) is 0 Å². The fourth-order valence-corrected chi connectivity index (χ4v) is 2.10. The molecule has 76 valence electrons. The van der Waals surface area contributed by atoms with Gasteiger partial charge in [-0.05, 0) is 32.1 Å². The van der Waals surface area contributed by atoms with Crippen molar-refractivity contribution in [1.29, 1.82) is 0 Å². The molecule has 1 aliphatic rings. The molecule has 13 heavy (non-hydrogen) atoms. The Kier molecular flexibility index (Phi) is 3.94. The van der Waals surface area contributed by atoms with Gasteiger partial charge in [0.1, 0.15) is 0 Å². The highest BCUT2D eigenvalue weighted by Crippen LogP contribution is 2.35. The molecule has 1 unspecified atom stereocenters. The molecule has 0 radical (unpaired) electrons. The summed E-state index contributed by atoms with van der Waals surface area (Å²) in [5.74, 6) is 0. The molecule has 0 aliphatic heterocycles. The zero-order valence-corrected chi connectivity index (χ0v) is 8.55. The Balaban J connectivity index is 2.78. The molecule has 0 aromatic heterocycles. The third-order valence-electron chi connectivity index (χ3n) is 3.34. The van der Waals surface area contributed by atoms with Crippen molar-refractivity contribution in [1.82, 2.24) is 0 Å². The molecule has 0 bridgehead atoms. The second kappa shape index (κ2) is 4.77. The quantitative estimate of drug-likeness (QED) is 0.653. The van der Waals surface area contributed by atoms with Crippen LogP contribution in [0, 0.1) is 5.41 Å². The highest BCUT2D eigenvalue weighted by molar-refractivity contribution is 5.17. The van der Waals surface area contributed by atoms with E-state index in [1.807, 2.05) is 0 Å². The Hall–Kier alpha value is -0.340. The molecular formula is C11H21NO. The van der Waals surface area contributed by atoms with Crippen molar-refractivity contribution in [2.24, 2.45) is 11.1 Å². The Labute approximate surface area is 80.8 Å².